The third-order valence-electron chi connectivity index (χ3n) is 3.68. The summed E-state index contributed by atoms with van der Waals surface area (Å²) in [5.41, 5.74) is 0. The van der Waals surface area contributed by atoms with E-state index in [1.54, 1.807) is 0 Å². The fourth-order valence-electron chi connectivity index (χ4n) is 2.80. The highest BCUT2D eigenvalue weighted by atomic mass is 16.3. The van der Waals surface area contributed by atoms with E-state index in [2.05, 4.69) is 41.5 Å². The zero-order chi connectivity index (χ0) is 14.5. The number of allylic oxidation sites excluding steroid dienone is 2. The number of hydrogen-bond acceptors (Lipinski definition) is 2. The maximum Gasteiger partial charge on any atom is 0.162 e. The van der Waals surface area contributed by atoms with Crippen molar-refractivity contribution in [2.24, 2.45) is 29.6 Å². The summed E-state index contributed by atoms with van der Waals surface area (Å²) >= 11 is 0. The van der Waals surface area contributed by atoms with Crippen LogP contribution in [0.1, 0.15) is 54.9 Å². The van der Waals surface area contributed by atoms with Crippen molar-refractivity contribution in [1.29, 1.82) is 0 Å². The minimum atomic E-state index is -0.00295. The van der Waals surface area contributed by atoms with Gasteiger partial charge in [-0.25, -0.2) is 0 Å². The van der Waals surface area contributed by atoms with E-state index in [4.69, 9.17) is 0 Å². The van der Waals surface area contributed by atoms with Crippen molar-refractivity contribution in [3.05, 3.63) is 11.8 Å². The molecule has 0 aliphatic heterocycles. The number of hydrogen-bond donors (Lipinski definition) is 1. The minimum absolute atomic E-state index is 0.00295. The lowest BCUT2D eigenvalue weighted by Crippen LogP contribution is -2.25. The van der Waals surface area contributed by atoms with Crippen LogP contribution < -0.4 is 0 Å². The first kappa shape index (κ1) is 17.2. The summed E-state index contributed by atoms with van der Waals surface area (Å²) in [4.78, 5) is 12.2. The molecule has 0 aromatic heterocycles. The van der Waals surface area contributed by atoms with Gasteiger partial charge in [-0.2, -0.15) is 0 Å². The molecule has 0 radical (unpaired) electrons. The zero-order valence-corrected chi connectivity index (χ0v) is 13.0. The second kappa shape index (κ2) is 7.60. The summed E-state index contributed by atoms with van der Waals surface area (Å²) < 4.78 is 0. The fraction of sp³-hybridized carbons (Fsp3) is 0.812. The first-order valence-corrected chi connectivity index (χ1v) is 7.16. The highest BCUT2D eigenvalue weighted by molar-refractivity contribution is 5.92. The van der Waals surface area contributed by atoms with Gasteiger partial charge in [0.25, 0.3) is 0 Å². The van der Waals surface area contributed by atoms with Crippen LogP contribution in [-0.2, 0) is 4.79 Å². The van der Waals surface area contributed by atoms with Crippen LogP contribution in [-0.4, -0.2) is 10.9 Å². The molecule has 0 saturated carbocycles. The number of carbonyl (C=O) groups is 1. The lowest BCUT2D eigenvalue weighted by atomic mass is 9.81. The number of carbonyl (C=O) groups excluding carboxylic acids is 1. The summed E-state index contributed by atoms with van der Waals surface area (Å²) in [5, 5.41) is 10.1. The third kappa shape index (κ3) is 4.83. The topological polar surface area (TPSA) is 37.3 Å². The molecule has 1 unspecified atom stereocenters. The minimum Gasteiger partial charge on any atom is -0.512 e. The summed E-state index contributed by atoms with van der Waals surface area (Å²) in [5.74, 6) is 1.38. The Balaban J connectivity index is 4.99. The molecule has 0 bridgehead atoms. The molecule has 0 heterocycles. The fourth-order valence-corrected chi connectivity index (χ4v) is 2.80. The maximum atomic E-state index is 12.2. The standard InChI is InChI=1S/C16H30O2/c1-8-13(10(2)3)14(17)9-15(18)16(11(4)5)12(6)7/h9-13,16-17H,8H2,1-7H3. The number of ketones is 1. The SMILES string of the molecule is CCC(C(O)=CC(=O)C(C(C)C)C(C)C)C(C)C. The molecule has 0 saturated heterocycles. The van der Waals surface area contributed by atoms with Crippen molar-refractivity contribution >= 4 is 5.78 Å². The van der Waals surface area contributed by atoms with E-state index in [0.29, 0.717) is 17.8 Å². The van der Waals surface area contributed by atoms with E-state index in [1.807, 2.05) is 6.92 Å². The van der Waals surface area contributed by atoms with Gasteiger partial charge in [-0.3, -0.25) is 4.79 Å². The highest BCUT2D eigenvalue weighted by Gasteiger charge is 2.25. The van der Waals surface area contributed by atoms with Gasteiger partial charge in [-0.1, -0.05) is 48.5 Å². The Morgan fingerprint density at radius 2 is 1.44 bits per heavy atom. The van der Waals surface area contributed by atoms with Crippen molar-refractivity contribution in [3.63, 3.8) is 0 Å². The van der Waals surface area contributed by atoms with Gasteiger partial charge in [0, 0.05) is 17.9 Å². The average Bonchev–Trinajstić information content (AvgIpc) is 2.15. The van der Waals surface area contributed by atoms with Gasteiger partial charge < -0.3 is 5.11 Å². The molecule has 1 N–H and O–H groups in total. The van der Waals surface area contributed by atoms with E-state index in [-0.39, 0.29) is 23.4 Å². The van der Waals surface area contributed by atoms with Crippen molar-refractivity contribution in [2.45, 2.75) is 54.9 Å². The number of aliphatic hydroxyl groups excluding tert-OH is 1. The van der Waals surface area contributed by atoms with Crippen LogP contribution in [0.15, 0.2) is 11.8 Å². The molecule has 1 atom stereocenters. The molecular weight excluding hydrogens is 224 g/mol. The Bertz CT molecular complexity index is 279. The Hall–Kier alpha value is -0.790. The molecule has 0 aliphatic rings. The van der Waals surface area contributed by atoms with E-state index in [1.165, 1.54) is 6.08 Å². The van der Waals surface area contributed by atoms with E-state index in [0.717, 1.165) is 6.42 Å². The lowest BCUT2D eigenvalue weighted by molar-refractivity contribution is -0.121. The van der Waals surface area contributed by atoms with Crippen LogP contribution >= 0.6 is 0 Å². The molecule has 0 aromatic rings. The average molecular weight is 254 g/mol. The molecular formula is C16H30O2. The van der Waals surface area contributed by atoms with Crippen molar-refractivity contribution < 1.29 is 9.90 Å². The zero-order valence-electron chi connectivity index (χ0n) is 13.0. The molecule has 0 amide bonds. The van der Waals surface area contributed by atoms with Gasteiger partial charge in [0.15, 0.2) is 5.78 Å². The molecule has 2 heteroatoms. The molecule has 0 aromatic carbocycles. The van der Waals surface area contributed by atoms with Crippen molar-refractivity contribution in [2.75, 3.05) is 0 Å². The smallest absolute Gasteiger partial charge is 0.162 e. The predicted octanol–water partition coefficient (Wildman–Crippen LogP) is 4.61. The van der Waals surface area contributed by atoms with Gasteiger partial charge in [-0.15, -0.1) is 0 Å². The molecule has 0 aliphatic carbocycles. The normalized spacial score (nSPS) is 14.9. The first-order chi connectivity index (χ1) is 8.22. The van der Waals surface area contributed by atoms with Crippen LogP contribution in [0.4, 0.5) is 0 Å². The van der Waals surface area contributed by atoms with Crippen LogP contribution in [0, 0.1) is 29.6 Å². The molecule has 106 valence electrons. The monoisotopic (exact) mass is 254 g/mol. The van der Waals surface area contributed by atoms with E-state index < -0.39 is 0 Å². The maximum absolute atomic E-state index is 12.2. The first-order valence-electron chi connectivity index (χ1n) is 7.16. The summed E-state index contributed by atoms with van der Waals surface area (Å²) in [6.45, 7) is 14.4. The molecule has 0 fully saturated rings. The Labute approximate surface area is 112 Å². The Morgan fingerprint density at radius 3 is 1.72 bits per heavy atom. The second-order valence-electron chi connectivity index (χ2n) is 6.24. The van der Waals surface area contributed by atoms with Gasteiger partial charge >= 0.3 is 0 Å². The summed E-state index contributed by atoms with van der Waals surface area (Å²) in [6.07, 6.45) is 2.33. The van der Waals surface area contributed by atoms with Crippen LogP contribution in [0.5, 0.6) is 0 Å². The third-order valence-corrected chi connectivity index (χ3v) is 3.68. The summed E-state index contributed by atoms with van der Waals surface area (Å²) in [7, 11) is 0. The van der Waals surface area contributed by atoms with Crippen molar-refractivity contribution in [3.8, 4) is 0 Å². The molecule has 0 spiro atoms. The quantitative estimate of drug-likeness (QED) is 0.532. The van der Waals surface area contributed by atoms with Gasteiger partial charge in [0.05, 0.1) is 5.76 Å². The molecule has 18 heavy (non-hydrogen) atoms. The lowest BCUT2D eigenvalue weighted by Gasteiger charge is -2.23. The highest BCUT2D eigenvalue weighted by Crippen LogP contribution is 2.26. The Morgan fingerprint density at radius 1 is 1.00 bits per heavy atom. The van der Waals surface area contributed by atoms with Gasteiger partial charge in [0.2, 0.25) is 0 Å². The Kier molecular flexibility index (Phi) is 7.27. The van der Waals surface area contributed by atoms with E-state index >= 15 is 0 Å². The van der Waals surface area contributed by atoms with Crippen molar-refractivity contribution in [1.82, 2.24) is 0 Å². The van der Waals surface area contributed by atoms with Gasteiger partial charge in [0.1, 0.15) is 0 Å². The van der Waals surface area contributed by atoms with E-state index in [9.17, 15) is 9.90 Å². The largest absolute Gasteiger partial charge is 0.512 e. The van der Waals surface area contributed by atoms with Crippen LogP contribution in [0.3, 0.4) is 0 Å². The number of rotatable bonds is 7. The van der Waals surface area contributed by atoms with Crippen LogP contribution in [0.2, 0.25) is 0 Å². The summed E-state index contributed by atoms with van der Waals surface area (Å²) in [6, 6.07) is 0. The predicted molar refractivity (Wildman–Crippen MR) is 77.5 cm³/mol. The van der Waals surface area contributed by atoms with Crippen LogP contribution in [0.25, 0.3) is 0 Å². The molecule has 0 rings (SSSR count). The second-order valence-corrected chi connectivity index (χ2v) is 6.24. The number of aliphatic hydroxyl groups is 1. The van der Waals surface area contributed by atoms with Gasteiger partial charge in [-0.05, 0) is 24.2 Å². The molecule has 2 nitrogen and oxygen atoms in total.